The van der Waals surface area contributed by atoms with Crippen molar-refractivity contribution in [2.45, 2.75) is 19.9 Å². The van der Waals surface area contributed by atoms with E-state index in [-0.39, 0.29) is 0 Å². The Morgan fingerprint density at radius 1 is 1.10 bits per heavy atom. The second kappa shape index (κ2) is 5.79. The second-order valence-corrected chi connectivity index (χ2v) is 4.66. The van der Waals surface area contributed by atoms with E-state index in [0.717, 1.165) is 36.1 Å². The van der Waals surface area contributed by atoms with Gasteiger partial charge in [-0.05, 0) is 19.1 Å². The van der Waals surface area contributed by atoms with Crippen LogP contribution in [0.5, 0.6) is 0 Å². The molecule has 0 fully saturated rings. The van der Waals surface area contributed by atoms with Gasteiger partial charge in [-0.1, -0.05) is 29.4 Å². The van der Waals surface area contributed by atoms with Crippen LogP contribution in [0, 0.1) is 6.92 Å². The van der Waals surface area contributed by atoms with Gasteiger partial charge >= 0.3 is 0 Å². The Balaban J connectivity index is 1.54. The lowest BCUT2D eigenvalue weighted by Crippen LogP contribution is -2.17. The average molecular weight is 268 g/mol. The predicted molar refractivity (Wildman–Crippen MR) is 76.2 cm³/mol. The van der Waals surface area contributed by atoms with Gasteiger partial charge in [0.05, 0.1) is 11.2 Å². The number of fused-ring (bicyclic) bond motifs is 1. The number of hydrogen-bond acceptors (Lipinski definition) is 5. The fourth-order valence-corrected chi connectivity index (χ4v) is 2.06. The molecule has 2 heterocycles. The number of nitrogens with zero attached hydrogens (tertiary/aromatic N) is 3. The molecule has 0 spiro atoms. The lowest BCUT2D eigenvalue weighted by Gasteiger charge is -2.04. The van der Waals surface area contributed by atoms with E-state index in [9.17, 15) is 0 Å². The van der Waals surface area contributed by atoms with Crippen molar-refractivity contribution in [3.05, 3.63) is 53.8 Å². The number of aryl methyl sites for hydroxylation is 1. The number of rotatable bonds is 5. The Kier molecular flexibility index (Phi) is 3.69. The monoisotopic (exact) mass is 268 g/mol. The van der Waals surface area contributed by atoms with Crippen LogP contribution in [0.4, 0.5) is 0 Å². The molecule has 0 saturated heterocycles. The summed E-state index contributed by atoms with van der Waals surface area (Å²) in [5, 5.41) is 8.26. The van der Waals surface area contributed by atoms with E-state index >= 15 is 0 Å². The molecule has 0 bridgehead atoms. The van der Waals surface area contributed by atoms with Crippen molar-refractivity contribution in [3.63, 3.8) is 0 Å². The van der Waals surface area contributed by atoms with Crippen LogP contribution in [0.25, 0.3) is 10.9 Å². The van der Waals surface area contributed by atoms with Crippen LogP contribution in [0.3, 0.4) is 0 Å². The van der Waals surface area contributed by atoms with Crippen molar-refractivity contribution in [3.8, 4) is 0 Å². The zero-order valence-electron chi connectivity index (χ0n) is 11.3. The maximum atomic E-state index is 5.06. The van der Waals surface area contributed by atoms with Gasteiger partial charge in [-0.2, -0.15) is 4.98 Å². The first kappa shape index (κ1) is 12.7. The van der Waals surface area contributed by atoms with Gasteiger partial charge in [0, 0.05) is 24.9 Å². The molecular formula is C15H16N4O. The first-order chi connectivity index (χ1) is 9.81. The SMILES string of the molecule is Cc1noc(CCNCc2ccc3ccccc3n2)n1. The van der Waals surface area contributed by atoms with Crippen LogP contribution >= 0.6 is 0 Å². The molecule has 0 saturated carbocycles. The Hall–Kier alpha value is -2.27. The average Bonchev–Trinajstić information content (AvgIpc) is 2.89. The summed E-state index contributed by atoms with van der Waals surface area (Å²) in [6.07, 6.45) is 0.731. The van der Waals surface area contributed by atoms with Gasteiger partial charge in [-0.15, -0.1) is 0 Å². The van der Waals surface area contributed by atoms with Gasteiger partial charge < -0.3 is 9.84 Å². The number of aromatic nitrogens is 3. The minimum Gasteiger partial charge on any atom is -0.339 e. The molecule has 1 aromatic carbocycles. The van der Waals surface area contributed by atoms with Crippen LogP contribution in [0.15, 0.2) is 40.9 Å². The van der Waals surface area contributed by atoms with Gasteiger partial charge in [-0.25, -0.2) is 0 Å². The van der Waals surface area contributed by atoms with E-state index in [1.54, 1.807) is 0 Å². The lowest BCUT2D eigenvalue weighted by molar-refractivity contribution is 0.372. The third-order valence-electron chi connectivity index (χ3n) is 3.05. The smallest absolute Gasteiger partial charge is 0.227 e. The summed E-state index contributed by atoms with van der Waals surface area (Å²) in [4.78, 5) is 8.77. The molecule has 0 atom stereocenters. The Bertz CT molecular complexity index is 708. The molecular weight excluding hydrogens is 252 g/mol. The van der Waals surface area contributed by atoms with Crippen molar-refractivity contribution in [2.75, 3.05) is 6.54 Å². The second-order valence-electron chi connectivity index (χ2n) is 4.66. The highest BCUT2D eigenvalue weighted by Crippen LogP contribution is 2.11. The molecule has 0 unspecified atom stereocenters. The minimum atomic E-state index is 0.668. The molecule has 3 aromatic rings. The molecule has 0 aliphatic rings. The molecule has 5 nitrogen and oxygen atoms in total. The summed E-state index contributed by atoms with van der Waals surface area (Å²) in [5.74, 6) is 1.35. The Labute approximate surface area is 117 Å². The normalized spacial score (nSPS) is 11.1. The van der Waals surface area contributed by atoms with E-state index in [1.807, 2.05) is 31.2 Å². The molecule has 0 aliphatic heterocycles. The number of hydrogen-bond donors (Lipinski definition) is 1. The third kappa shape index (κ3) is 3.00. The predicted octanol–water partition coefficient (Wildman–Crippen LogP) is 2.26. The fourth-order valence-electron chi connectivity index (χ4n) is 2.06. The molecule has 1 N–H and O–H groups in total. The van der Waals surface area contributed by atoms with Crippen LogP contribution < -0.4 is 5.32 Å². The topological polar surface area (TPSA) is 63.8 Å². The van der Waals surface area contributed by atoms with Gasteiger partial charge in [0.15, 0.2) is 5.82 Å². The van der Waals surface area contributed by atoms with Gasteiger partial charge in [0.25, 0.3) is 0 Å². The summed E-state index contributed by atoms with van der Waals surface area (Å²) < 4.78 is 5.06. The van der Waals surface area contributed by atoms with E-state index in [1.165, 1.54) is 0 Å². The van der Waals surface area contributed by atoms with Crippen molar-refractivity contribution >= 4 is 10.9 Å². The standard InChI is InChI=1S/C15H16N4O/c1-11-17-15(20-19-11)8-9-16-10-13-7-6-12-4-2-3-5-14(12)18-13/h2-7,16H,8-10H2,1H3. The fraction of sp³-hybridized carbons (Fsp3) is 0.267. The maximum Gasteiger partial charge on any atom is 0.227 e. The largest absolute Gasteiger partial charge is 0.339 e. The Morgan fingerprint density at radius 3 is 2.85 bits per heavy atom. The highest BCUT2D eigenvalue weighted by Gasteiger charge is 2.02. The van der Waals surface area contributed by atoms with Gasteiger partial charge in [-0.3, -0.25) is 4.98 Å². The highest BCUT2D eigenvalue weighted by atomic mass is 16.5. The molecule has 0 amide bonds. The first-order valence-electron chi connectivity index (χ1n) is 6.66. The maximum absolute atomic E-state index is 5.06. The molecule has 5 heteroatoms. The van der Waals surface area contributed by atoms with E-state index < -0.39 is 0 Å². The van der Waals surface area contributed by atoms with Crippen molar-refractivity contribution < 1.29 is 4.52 Å². The van der Waals surface area contributed by atoms with Crippen molar-refractivity contribution in [2.24, 2.45) is 0 Å². The Morgan fingerprint density at radius 2 is 2.00 bits per heavy atom. The van der Waals surface area contributed by atoms with Crippen molar-refractivity contribution in [1.82, 2.24) is 20.4 Å². The van der Waals surface area contributed by atoms with E-state index in [0.29, 0.717) is 11.7 Å². The summed E-state index contributed by atoms with van der Waals surface area (Å²) in [5.41, 5.74) is 2.06. The summed E-state index contributed by atoms with van der Waals surface area (Å²) in [7, 11) is 0. The van der Waals surface area contributed by atoms with E-state index in [2.05, 4.69) is 32.6 Å². The molecule has 3 rings (SSSR count). The molecule has 2 aromatic heterocycles. The zero-order valence-corrected chi connectivity index (χ0v) is 11.3. The quantitative estimate of drug-likeness (QED) is 0.719. The minimum absolute atomic E-state index is 0.668. The van der Waals surface area contributed by atoms with Crippen LogP contribution in [0.1, 0.15) is 17.4 Å². The van der Waals surface area contributed by atoms with Crippen molar-refractivity contribution in [1.29, 1.82) is 0 Å². The highest BCUT2D eigenvalue weighted by molar-refractivity contribution is 5.78. The van der Waals surface area contributed by atoms with Crippen LogP contribution in [-0.4, -0.2) is 21.7 Å². The number of nitrogens with one attached hydrogen (secondary N) is 1. The summed E-state index contributed by atoms with van der Waals surface area (Å²) >= 11 is 0. The zero-order chi connectivity index (χ0) is 13.8. The van der Waals surface area contributed by atoms with Crippen LogP contribution in [0.2, 0.25) is 0 Å². The number of pyridine rings is 1. The lowest BCUT2D eigenvalue weighted by atomic mass is 10.2. The van der Waals surface area contributed by atoms with Crippen LogP contribution in [-0.2, 0) is 13.0 Å². The van der Waals surface area contributed by atoms with Gasteiger partial charge in [0.1, 0.15) is 0 Å². The first-order valence-corrected chi connectivity index (χ1v) is 6.66. The molecule has 0 aliphatic carbocycles. The molecule has 20 heavy (non-hydrogen) atoms. The summed E-state index contributed by atoms with van der Waals surface area (Å²) in [6, 6.07) is 12.3. The third-order valence-corrected chi connectivity index (χ3v) is 3.05. The molecule has 102 valence electrons. The number of para-hydroxylation sites is 1. The number of benzene rings is 1. The van der Waals surface area contributed by atoms with E-state index in [4.69, 9.17) is 4.52 Å². The summed E-state index contributed by atoms with van der Waals surface area (Å²) in [6.45, 7) is 3.34. The molecule has 0 radical (unpaired) electrons. The van der Waals surface area contributed by atoms with Gasteiger partial charge in [0.2, 0.25) is 5.89 Å².